The highest BCUT2D eigenvalue weighted by Crippen LogP contribution is 2.11. The number of nitrogens with zero attached hydrogens (tertiary/aromatic N) is 2. The van der Waals surface area contributed by atoms with Crippen LogP contribution in [0, 0.1) is 0 Å². The van der Waals surface area contributed by atoms with Crippen LogP contribution in [0.1, 0.15) is 26.7 Å². The van der Waals surface area contributed by atoms with E-state index in [1.807, 2.05) is 13.8 Å². The summed E-state index contributed by atoms with van der Waals surface area (Å²) in [6.45, 7) is 6.10. The molecule has 0 amide bonds. The maximum atomic E-state index is 5.36. The van der Waals surface area contributed by atoms with E-state index in [-0.39, 0.29) is 0 Å². The van der Waals surface area contributed by atoms with Crippen molar-refractivity contribution in [2.45, 2.75) is 32.8 Å². The highest BCUT2D eigenvalue weighted by molar-refractivity contribution is 5.78. The third-order valence-electron chi connectivity index (χ3n) is 1.97. The third kappa shape index (κ3) is 3.22. The first kappa shape index (κ1) is 9.52. The van der Waals surface area contributed by atoms with E-state index in [0.29, 0.717) is 6.10 Å². The van der Waals surface area contributed by atoms with Crippen LogP contribution in [0.25, 0.3) is 0 Å². The number of oxime groups is 1. The molecule has 1 atom stereocenters. The summed E-state index contributed by atoms with van der Waals surface area (Å²) in [5, 5.41) is 3.97. The zero-order valence-corrected chi connectivity index (χ0v) is 8.21. The van der Waals surface area contributed by atoms with Gasteiger partial charge in [-0.1, -0.05) is 5.16 Å². The molecule has 1 rings (SSSR count). The molecule has 70 valence electrons. The van der Waals surface area contributed by atoms with Crippen molar-refractivity contribution in [1.82, 2.24) is 4.90 Å². The molecule has 1 aliphatic heterocycles. The largest absolute Gasteiger partial charge is 0.391 e. The van der Waals surface area contributed by atoms with Gasteiger partial charge in [0.2, 0.25) is 0 Å². The molecule has 1 aliphatic rings. The van der Waals surface area contributed by atoms with Crippen molar-refractivity contribution in [2.75, 3.05) is 20.1 Å². The Labute approximate surface area is 74.4 Å². The number of rotatable bonds is 2. The van der Waals surface area contributed by atoms with Gasteiger partial charge in [-0.15, -0.1) is 0 Å². The normalized spacial score (nSPS) is 25.1. The van der Waals surface area contributed by atoms with Gasteiger partial charge in [0.25, 0.3) is 0 Å². The number of likely N-dealkylation sites (tertiary alicyclic amines) is 1. The van der Waals surface area contributed by atoms with Crippen molar-refractivity contribution in [3.05, 3.63) is 0 Å². The second-order valence-corrected chi connectivity index (χ2v) is 3.67. The predicted molar refractivity (Wildman–Crippen MR) is 50.4 cm³/mol. The molecule has 0 radical (unpaired) electrons. The molecule has 1 saturated heterocycles. The van der Waals surface area contributed by atoms with Gasteiger partial charge in [0.1, 0.15) is 6.10 Å². The zero-order chi connectivity index (χ0) is 8.97. The number of likely N-dealkylation sites (N-methyl/N-ethyl adjacent to an activating group) is 1. The summed E-state index contributed by atoms with van der Waals surface area (Å²) in [6.07, 6.45) is 2.67. The maximum absolute atomic E-state index is 5.36. The first-order valence-corrected chi connectivity index (χ1v) is 4.54. The molecule has 1 heterocycles. The van der Waals surface area contributed by atoms with E-state index in [9.17, 15) is 0 Å². The Morgan fingerprint density at radius 1 is 1.50 bits per heavy atom. The summed E-state index contributed by atoms with van der Waals surface area (Å²) < 4.78 is 0. The number of hydrogen-bond acceptors (Lipinski definition) is 3. The number of hydrogen-bond donors (Lipinski definition) is 0. The van der Waals surface area contributed by atoms with Crippen LogP contribution < -0.4 is 0 Å². The van der Waals surface area contributed by atoms with E-state index in [2.05, 4.69) is 17.1 Å². The standard InChI is InChI=1S/C9H18N2O/c1-8(2)10-12-9-5-4-6-11(3)7-9/h9H,4-7H2,1-3H3/t9-/m0/s1. The van der Waals surface area contributed by atoms with E-state index in [0.717, 1.165) is 18.7 Å². The average Bonchev–Trinajstić information content (AvgIpc) is 2.01. The quantitative estimate of drug-likeness (QED) is 0.463. The first-order chi connectivity index (χ1) is 5.68. The van der Waals surface area contributed by atoms with Crippen LogP contribution in [0.4, 0.5) is 0 Å². The lowest BCUT2D eigenvalue weighted by Crippen LogP contribution is -2.36. The maximum Gasteiger partial charge on any atom is 0.140 e. The van der Waals surface area contributed by atoms with Crippen molar-refractivity contribution >= 4 is 5.71 Å². The Morgan fingerprint density at radius 3 is 2.83 bits per heavy atom. The highest BCUT2D eigenvalue weighted by Gasteiger charge is 2.17. The lowest BCUT2D eigenvalue weighted by atomic mass is 10.1. The van der Waals surface area contributed by atoms with Gasteiger partial charge in [-0.2, -0.15) is 0 Å². The van der Waals surface area contributed by atoms with Crippen LogP contribution in [0.2, 0.25) is 0 Å². The van der Waals surface area contributed by atoms with E-state index in [1.54, 1.807) is 0 Å². The molecule has 0 saturated carbocycles. The van der Waals surface area contributed by atoms with E-state index in [4.69, 9.17) is 4.84 Å². The molecule has 0 aromatic carbocycles. The van der Waals surface area contributed by atoms with Crippen molar-refractivity contribution in [1.29, 1.82) is 0 Å². The third-order valence-corrected chi connectivity index (χ3v) is 1.97. The molecule has 3 heteroatoms. The first-order valence-electron chi connectivity index (χ1n) is 4.54. The fourth-order valence-electron chi connectivity index (χ4n) is 1.39. The van der Waals surface area contributed by atoms with Crippen molar-refractivity contribution in [2.24, 2.45) is 5.16 Å². The molecule has 0 aromatic heterocycles. The van der Waals surface area contributed by atoms with Gasteiger partial charge in [-0.25, -0.2) is 0 Å². The molecule has 0 N–H and O–H groups in total. The van der Waals surface area contributed by atoms with Crippen LogP contribution in [-0.4, -0.2) is 36.9 Å². The second-order valence-electron chi connectivity index (χ2n) is 3.67. The Morgan fingerprint density at radius 2 is 2.25 bits per heavy atom. The molecular weight excluding hydrogens is 152 g/mol. The summed E-state index contributed by atoms with van der Waals surface area (Å²) in [6, 6.07) is 0. The van der Waals surface area contributed by atoms with Crippen LogP contribution >= 0.6 is 0 Å². The van der Waals surface area contributed by atoms with Gasteiger partial charge in [0.15, 0.2) is 0 Å². The van der Waals surface area contributed by atoms with E-state index >= 15 is 0 Å². The van der Waals surface area contributed by atoms with E-state index in [1.165, 1.54) is 13.0 Å². The summed E-state index contributed by atoms with van der Waals surface area (Å²) in [5.41, 5.74) is 0.989. The van der Waals surface area contributed by atoms with Gasteiger partial charge in [-0.3, -0.25) is 0 Å². The predicted octanol–water partition coefficient (Wildman–Crippen LogP) is 1.49. The summed E-state index contributed by atoms with van der Waals surface area (Å²) >= 11 is 0. The lowest BCUT2D eigenvalue weighted by Gasteiger charge is -2.27. The topological polar surface area (TPSA) is 24.8 Å². The molecule has 3 nitrogen and oxygen atoms in total. The van der Waals surface area contributed by atoms with Gasteiger partial charge >= 0.3 is 0 Å². The van der Waals surface area contributed by atoms with Gasteiger partial charge in [-0.05, 0) is 40.3 Å². The molecule has 0 bridgehead atoms. The average molecular weight is 170 g/mol. The van der Waals surface area contributed by atoms with Gasteiger partial charge in [0, 0.05) is 6.54 Å². The van der Waals surface area contributed by atoms with Crippen LogP contribution in [-0.2, 0) is 4.84 Å². The SMILES string of the molecule is CC(C)=NO[C@H]1CCCN(C)C1. The van der Waals surface area contributed by atoms with E-state index < -0.39 is 0 Å². The molecule has 12 heavy (non-hydrogen) atoms. The molecular formula is C9H18N2O. The molecule has 1 fully saturated rings. The van der Waals surface area contributed by atoms with Crippen molar-refractivity contribution in [3.63, 3.8) is 0 Å². The summed E-state index contributed by atoms with van der Waals surface area (Å²) in [5.74, 6) is 0. The fraction of sp³-hybridized carbons (Fsp3) is 0.889. The molecule has 0 aliphatic carbocycles. The van der Waals surface area contributed by atoms with Crippen LogP contribution in [0.15, 0.2) is 5.16 Å². The Balaban J connectivity index is 2.27. The summed E-state index contributed by atoms with van der Waals surface area (Å²) in [4.78, 5) is 7.65. The Hall–Kier alpha value is -0.570. The molecule has 0 spiro atoms. The second kappa shape index (κ2) is 4.45. The van der Waals surface area contributed by atoms with Crippen molar-refractivity contribution < 1.29 is 4.84 Å². The minimum absolute atomic E-state index is 0.304. The smallest absolute Gasteiger partial charge is 0.140 e. The summed E-state index contributed by atoms with van der Waals surface area (Å²) in [7, 11) is 2.12. The van der Waals surface area contributed by atoms with Crippen LogP contribution in [0.5, 0.6) is 0 Å². The van der Waals surface area contributed by atoms with Crippen molar-refractivity contribution in [3.8, 4) is 0 Å². The minimum Gasteiger partial charge on any atom is -0.391 e. The Kier molecular flexibility index (Phi) is 3.53. The fourth-order valence-corrected chi connectivity index (χ4v) is 1.39. The highest BCUT2D eigenvalue weighted by atomic mass is 16.6. The molecule has 0 aromatic rings. The number of piperidine rings is 1. The van der Waals surface area contributed by atoms with Crippen LogP contribution in [0.3, 0.4) is 0 Å². The Bertz CT molecular complexity index is 164. The van der Waals surface area contributed by atoms with Gasteiger partial charge < -0.3 is 9.74 Å². The minimum atomic E-state index is 0.304. The monoisotopic (exact) mass is 170 g/mol. The molecule has 0 unspecified atom stereocenters. The van der Waals surface area contributed by atoms with Gasteiger partial charge in [0.05, 0.1) is 5.71 Å². The zero-order valence-electron chi connectivity index (χ0n) is 8.21. The lowest BCUT2D eigenvalue weighted by molar-refractivity contribution is 0.00968.